The zero-order chi connectivity index (χ0) is 17.2. The molecule has 0 radical (unpaired) electrons. The molecule has 0 fully saturated rings. The molecule has 6 nitrogen and oxygen atoms in total. The van der Waals surface area contributed by atoms with Crippen molar-refractivity contribution in [1.29, 1.82) is 0 Å². The first kappa shape index (κ1) is 15.6. The minimum absolute atomic E-state index is 0.364. The van der Waals surface area contributed by atoms with E-state index >= 15 is 0 Å². The lowest BCUT2D eigenvalue weighted by molar-refractivity contribution is 0.466. The number of hydrogen-bond donors (Lipinski definition) is 0. The number of aryl methyl sites for hydroxylation is 1. The summed E-state index contributed by atoms with van der Waals surface area (Å²) < 4.78 is 10.9. The van der Waals surface area contributed by atoms with Crippen molar-refractivity contribution in [2.45, 2.75) is 17.9 Å². The molecule has 0 saturated carbocycles. The molecule has 25 heavy (non-hydrogen) atoms. The van der Waals surface area contributed by atoms with E-state index in [1.165, 1.54) is 17.8 Å². The third kappa shape index (κ3) is 3.32. The highest BCUT2D eigenvalue weighted by Crippen LogP contribution is 2.28. The van der Waals surface area contributed by atoms with Gasteiger partial charge in [0.15, 0.2) is 0 Å². The molecular formula is C18H13N3O3S. The monoisotopic (exact) mass is 351 g/mol. The molecule has 0 aliphatic rings. The molecule has 0 spiro atoms. The Hall–Kier alpha value is -2.93. The van der Waals surface area contributed by atoms with Crippen molar-refractivity contribution in [3.05, 3.63) is 70.3 Å². The van der Waals surface area contributed by atoms with Crippen LogP contribution in [-0.2, 0) is 5.75 Å². The molecule has 0 unspecified atom stereocenters. The summed E-state index contributed by atoms with van der Waals surface area (Å²) in [5.74, 6) is 0.973. The fourth-order valence-electron chi connectivity index (χ4n) is 2.48. The Labute approximate surface area is 146 Å². The first-order chi connectivity index (χ1) is 12.2. The predicted molar refractivity (Wildman–Crippen MR) is 94.3 cm³/mol. The van der Waals surface area contributed by atoms with E-state index in [2.05, 4.69) is 15.2 Å². The van der Waals surface area contributed by atoms with Crippen LogP contribution in [0, 0.1) is 6.92 Å². The Balaban J connectivity index is 1.59. The molecule has 124 valence electrons. The Kier molecular flexibility index (Phi) is 4.07. The summed E-state index contributed by atoms with van der Waals surface area (Å²) in [6, 6.07) is 10.9. The highest BCUT2D eigenvalue weighted by atomic mass is 32.2. The Morgan fingerprint density at radius 1 is 1.04 bits per heavy atom. The zero-order valence-electron chi connectivity index (χ0n) is 13.3. The van der Waals surface area contributed by atoms with Crippen molar-refractivity contribution in [3.63, 3.8) is 0 Å². The van der Waals surface area contributed by atoms with Crippen molar-refractivity contribution in [3.8, 4) is 11.5 Å². The van der Waals surface area contributed by atoms with E-state index < -0.39 is 0 Å². The van der Waals surface area contributed by atoms with Gasteiger partial charge in [-0.15, -0.1) is 10.2 Å². The van der Waals surface area contributed by atoms with Crippen LogP contribution in [0.3, 0.4) is 0 Å². The maximum absolute atomic E-state index is 11.8. The van der Waals surface area contributed by atoms with Crippen molar-refractivity contribution in [2.75, 3.05) is 0 Å². The number of hydrogen-bond acceptors (Lipinski definition) is 7. The van der Waals surface area contributed by atoms with Gasteiger partial charge in [0.25, 0.3) is 5.22 Å². The normalized spacial score (nSPS) is 11.1. The van der Waals surface area contributed by atoms with E-state index in [9.17, 15) is 4.79 Å². The van der Waals surface area contributed by atoms with Crippen LogP contribution in [0.2, 0.25) is 0 Å². The van der Waals surface area contributed by atoms with Crippen molar-refractivity contribution in [2.24, 2.45) is 0 Å². The second-order valence-corrected chi connectivity index (χ2v) is 6.41. The maximum Gasteiger partial charge on any atom is 0.336 e. The summed E-state index contributed by atoms with van der Waals surface area (Å²) in [6.07, 6.45) is 3.34. The lowest BCUT2D eigenvalue weighted by Crippen LogP contribution is -2.00. The minimum atomic E-state index is -0.364. The van der Waals surface area contributed by atoms with Crippen LogP contribution in [0.5, 0.6) is 0 Å². The van der Waals surface area contributed by atoms with Gasteiger partial charge in [0.05, 0.1) is 0 Å². The first-order valence-electron chi connectivity index (χ1n) is 7.59. The number of aromatic nitrogens is 3. The SMILES string of the molecule is Cc1ccc2c(CSc3nnc(-c4ccncc4)o3)cc(=O)oc2c1. The summed E-state index contributed by atoms with van der Waals surface area (Å²) in [7, 11) is 0. The van der Waals surface area contributed by atoms with Crippen LogP contribution >= 0.6 is 11.8 Å². The Morgan fingerprint density at radius 3 is 2.72 bits per heavy atom. The van der Waals surface area contributed by atoms with E-state index in [4.69, 9.17) is 8.83 Å². The van der Waals surface area contributed by atoms with Crippen LogP contribution in [0.1, 0.15) is 11.1 Å². The van der Waals surface area contributed by atoms with Crippen molar-refractivity contribution >= 4 is 22.7 Å². The minimum Gasteiger partial charge on any atom is -0.423 e. The third-order valence-electron chi connectivity index (χ3n) is 3.67. The van der Waals surface area contributed by atoms with Gasteiger partial charge in [-0.05, 0) is 36.2 Å². The van der Waals surface area contributed by atoms with E-state index in [0.717, 1.165) is 22.1 Å². The van der Waals surface area contributed by atoms with Gasteiger partial charge in [0, 0.05) is 35.2 Å². The number of benzene rings is 1. The van der Waals surface area contributed by atoms with Gasteiger partial charge in [0.1, 0.15) is 5.58 Å². The summed E-state index contributed by atoms with van der Waals surface area (Å²) in [5.41, 5.74) is 2.96. The summed E-state index contributed by atoms with van der Waals surface area (Å²) in [4.78, 5) is 15.7. The molecule has 1 aromatic carbocycles. The molecular weight excluding hydrogens is 338 g/mol. The fraction of sp³-hybridized carbons (Fsp3) is 0.111. The lowest BCUT2D eigenvalue weighted by atomic mass is 10.1. The van der Waals surface area contributed by atoms with Crippen LogP contribution in [0.4, 0.5) is 0 Å². The van der Waals surface area contributed by atoms with Crippen LogP contribution in [0.25, 0.3) is 22.4 Å². The topological polar surface area (TPSA) is 82.0 Å². The number of pyridine rings is 1. The molecule has 0 N–H and O–H groups in total. The molecule has 3 heterocycles. The quantitative estimate of drug-likeness (QED) is 0.408. The van der Waals surface area contributed by atoms with E-state index in [0.29, 0.717) is 22.4 Å². The summed E-state index contributed by atoms with van der Waals surface area (Å²) in [6.45, 7) is 1.96. The van der Waals surface area contributed by atoms with E-state index in [1.807, 2.05) is 25.1 Å². The third-order valence-corrected chi connectivity index (χ3v) is 4.54. The van der Waals surface area contributed by atoms with Gasteiger partial charge in [-0.2, -0.15) is 0 Å². The molecule has 0 aliphatic carbocycles. The van der Waals surface area contributed by atoms with E-state index in [-0.39, 0.29) is 5.63 Å². The number of thioether (sulfide) groups is 1. The molecule has 3 aromatic heterocycles. The molecule has 7 heteroatoms. The molecule has 0 amide bonds. The number of fused-ring (bicyclic) bond motifs is 1. The Bertz CT molecular complexity index is 1090. The van der Waals surface area contributed by atoms with Crippen molar-refractivity contribution < 1.29 is 8.83 Å². The van der Waals surface area contributed by atoms with E-state index in [1.54, 1.807) is 24.5 Å². The summed E-state index contributed by atoms with van der Waals surface area (Å²) >= 11 is 1.38. The maximum atomic E-state index is 11.8. The predicted octanol–water partition coefficient (Wildman–Crippen LogP) is 3.84. The number of nitrogens with zero attached hydrogens (tertiary/aromatic N) is 3. The van der Waals surface area contributed by atoms with Gasteiger partial charge in [-0.3, -0.25) is 4.98 Å². The van der Waals surface area contributed by atoms with Gasteiger partial charge in [0.2, 0.25) is 5.89 Å². The standard InChI is InChI=1S/C18H13N3O3S/c1-11-2-3-14-13(9-16(22)23-15(14)8-11)10-25-18-21-20-17(24-18)12-4-6-19-7-5-12/h2-9H,10H2,1H3. The second-order valence-electron chi connectivity index (χ2n) is 5.49. The van der Waals surface area contributed by atoms with Gasteiger partial charge in [-0.25, -0.2) is 4.79 Å². The number of rotatable bonds is 4. The van der Waals surface area contributed by atoms with Crippen LogP contribution < -0.4 is 5.63 Å². The fourth-order valence-corrected chi connectivity index (χ4v) is 3.23. The largest absolute Gasteiger partial charge is 0.423 e. The molecule has 0 atom stereocenters. The van der Waals surface area contributed by atoms with Crippen LogP contribution in [-0.4, -0.2) is 15.2 Å². The second kappa shape index (κ2) is 6.52. The zero-order valence-corrected chi connectivity index (χ0v) is 14.1. The molecule has 4 aromatic rings. The van der Waals surface area contributed by atoms with Crippen LogP contribution in [0.15, 0.2) is 67.6 Å². The first-order valence-corrected chi connectivity index (χ1v) is 8.58. The molecule has 0 aliphatic heterocycles. The average molecular weight is 351 g/mol. The smallest absolute Gasteiger partial charge is 0.336 e. The average Bonchev–Trinajstić information content (AvgIpc) is 3.09. The molecule has 0 bridgehead atoms. The summed E-state index contributed by atoms with van der Waals surface area (Å²) in [5, 5.41) is 9.45. The van der Waals surface area contributed by atoms with Gasteiger partial charge < -0.3 is 8.83 Å². The van der Waals surface area contributed by atoms with Gasteiger partial charge >= 0.3 is 5.63 Å². The lowest BCUT2D eigenvalue weighted by Gasteiger charge is -2.04. The molecule has 0 saturated heterocycles. The molecule has 4 rings (SSSR count). The highest BCUT2D eigenvalue weighted by Gasteiger charge is 2.11. The Morgan fingerprint density at radius 2 is 1.88 bits per heavy atom. The highest BCUT2D eigenvalue weighted by molar-refractivity contribution is 7.98. The van der Waals surface area contributed by atoms with Crippen molar-refractivity contribution in [1.82, 2.24) is 15.2 Å². The van der Waals surface area contributed by atoms with Gasteiger partial charge in [-0.1, -0.05) is 23.9 Å².